The molecule has 1 aromatic heterocycles. The van der Waals surface area contributed by atoms with Gasteiger partial charge in [0.1, 0.15) is 23.1 Å². The summed E-state index contributed by atoms with van der Waals surface area (Å²) in [4.78, 5) is 32.7. The predicted octanol–water partition coefficient (Wildman–Crippen LogP) is 4.71. The number of carbonyl (C=O) groups is 2. The van der Waals surface area contributed by atoms with Gasteiger partial charge in [-0.05, 0) is 36.4 Å². The first-order chi connectivity index (χ1) is 18.2. The average Bonchev–Trinajstić information content (AvgIpc) is 3.35. The first-order valence-electron chi connectivity index (χ1n) is 11.4. The molecule has 2 aliphatic heterocycles. The largest absolute Gasteiger partial charge is 0.423 e. The fourth-order valence-electron chi connectivity index (χ4n) is 4.66. The molecule has 2 aliphatic rings. The number of rotatable bonds is 3. The van der Waals surface area contributed by atoms with Crippen molar-refractivity contribution in [3.63, 3.8) is 0 Å². The Labute approximate surface area is 223 Å². The van der Waals surface area contributed by atoms with Crippen LogP contribution in [-0.4, -0.2) is 48.8 Å². The van der Waals surface area contributed by atoms with Crippen LogP contribution in [0.2, 0.25) is 5.02 Å². The second-order valence-electron chi connectivity index (χ2n) is 9.29. The summed E-state index contributed by atoms with van der Waals surface area (Å²) >= 11 is 6.27. The third-order valence-electron chi connectivity index (χ3n) is 6.59. The van der Waals surface area contributed by atoms with Gasteiger partial charge in [-0.25, -0.2) is 18.6 Å². The van der Waals surface area contributed by atoms with Crippen LogP contribution in [0.3, 0.4) is 0 Å². The smallest absolute Gasteiger partial charge is 0.375 e. The van der Waals surface area contributed by atoms with Gasteiger partial charge in [-0.1, -0.05) is 11.6 Å². The van der Waals surface area contributed by atoms with E-state index in [0.717, 1.165) is 24.3 Å². The molecule has 2 aromatic carbocycles. The predicted molar refractivity (Wildman–Crippen MR) is 132 cm³/mol. The number of halogens is 6. The summed E-state index contributed by atoms with van der Waals surface area (Å²) in [7, 11) is 3.23. The maximum absolute atomic E-state index is 14.1. The van der Waals surface area contributed by atoms with Gasteiger partial charge in [-0.15, -0.1) is 0 Å². The first kappa shape index (κ1) is 26.6. The number of β-amino-alcohol motifs (C(OH)–C–C–N with tert-alkyl or cyclic N) is 1. The number of benzene rings is 2. The van der Waals surface area contributed by atoms with E-state index in [4.69, 9.17) is 11.6 Å². The number of nitrogens with one attached hydrogen (secondary N) is 2. The van der Waals surface area contributed by atoms with Crippen molar-refractivity contribution >= 4 is 40.7 Å². The molecule has 39 heavy (non-hydrogen) atoms. The summed E-state index contributed by atoms with van der Waals surface area (Å²) in [6.45, 7) is -1.24. The monoisotopic (exact) mass is 567 g/mol. The summed E-state index contributed by atoms with van der Waals surface area (Å²) in [5, 5.41) is 15.8. The van der Waals surface area contributed by atoms with Gasteiger partial charge in [-0.2, -0.15) is 13.2 Å². The lowest BCUT2D eigenvalue weighted by Gasteiger charge is -2.27. The molecular weight excluding hydrogens is 549 g/mol. The zero-order chi connectivity index (χ0) is 28.4. The third kappa shape index (κ3) is 4.31. The number of aromatic nitrogens is 1. The maximum Gasteiger partial charge on any atom is 0.423 e. The van der Waals surface area contributed by atoms with Crippen LogP contribution >= 0.6 is 11.6 Å². The molecule has 0 bridgehead atoms. The van der Waals surface area contributed by atoms with Gasteiger partial charge >= 0.3 is 12.2 Å². The Morgan fingerprint density at radius 3 is 2.51 bits per heavy atom. The average molecular weight is 568 g/mol. The fourth-order valence-corrected chi connectivity index (χ4v) is 4.89. The number of fused-ring (bicyclic) bond motifs is 2. The molecule has 3 amide bonds. The molecule has 3 N–H and O–H groups in total. The molecular formula is C25H19ClF5N5O3. The van der Waals surface area contributed by atoms with Crippen molar-refractivity contribution in [3.05, 3.63) is 81.5 Å². The Morgan fingerprint density at radius 1 is 1.18 bits per heavy atom. The van der Waals surface area contributed by atoms with Crippen molar-refractivity contribution in [2.75, 3.05) is 35.8 Å². The van der Waals surface area contributed by atoms with Crippen LogP contribution in [0.1, 0.15) is 33.2 Å². The summed E-state index contributed by atoms with van der Waals surface area (Å²) in [5.74, 6) is -2.10. The van der Waals surface area contributed by atoms with Crippen molar-refractivity contribution in [3.8, 4) is 0 Å². The summed E-state index contributed by atoms with van der Waals surface area (Å²) < 4.78 is 69.5. The molecule has 0 aliphatic carbocycles. The molecule has 14 heteroatoms. The number of alkyl halides is 3. The van der Waals surface area contributed by atoms with E-state index in [9.17, 15) is 36.6 Å². The molecule has 3 aromatic rings. The second kappa shape index (κ2) is 9.06. The SMILES string of the molecule is CN(C)c1cc(NC(=O)N2C[C@](O)(C(F)(F)F)c3cc(F)ccc32)c2c(n1)C(=O)N[C@H]2c1cc(F)ccc1Cl. The Bertz CT molecular complexity index is 1530. The topological polar surface area (TPSA) is 97.8 Å². The lowest BCUT2D eigenvalue weighted by Crippen LogP contribution is -2.48. The Hall–Kier alpha value is -3.97. The van der Waals surface area contributed by atoms with Crippen molar-refractivity contribution in [2.45, 2.75) is 17.8 Å². The van der Waals surface area contributed by atoms with Crippen LogP contribution in [-0.2, 0) is 5.60 Å². The van der Waals surface area contributed by atoms with Gasteiger partial charge in [0.2, 0.25) is 5.60 Å². The Balaban J connectivity index is 1.60. The van der Waals surface area contributed by atoms with Crippen LogP contribution in [0.25, 0.3) is 0 Å². The number of anilines is 3. The summed E-state index contributed by atoms with van der Waals surface area (Å²) in [6, 6.07) is 5.07. The fraction of sp³-hybridized carbons (Fsp3) is 0.240. The van der Waals surface area contributed by atoms with Crippen molar-refractivity contribution in [1.29, 1.82) is 0 Å². The molecule has 0 saturated carbocycles. The number of pyridine rings is 1. The quantitative estimate of drug-likeness (QED) is 0.398. The molecule has 0 unspecified atom stereocenters. The number of hydrogen-bond acceptors (Lipinski definition) is 5. The number of hydrogen-bond donors (Lipinski definition) is 3. The van der Waals surface area contributed by atoms with Crippen LogP contribution in [0.5, 0.6) is 0 Å². The molecule has 8 nitrogen and oxygen atoms in total. The minimum absolute atomic E-state index is 0.0245. The van der Waals surface area contributed by atoms with E-state index in [2.05, 4.69) is 15.6 Å². The summed E-state index contributed by atoms with van der Waals surface area (Å²) in [6.07, 6.45) is -5.23. The van der Waals surface area contributed by atoms with Gasteiger partial charge < -0.3 is 20.6 Å². The van der Waals surface area contributed by atoms with Crippen molar-refractivity contribution in [1.82, 2.24) is 10.3 Å². The molecule has 0 radical (unpaired) electrons. The molecule has 3 heterocycles. The Morgan fingerprint density at radius 2 is 1.85 bits per heavy atom. The highest BCUT2D eigenvalue weighted by molar-refractivity contribution is 6.31. The minimum Gasteiger partial charge on any atom is -0.375 e. The molecule has 0 spiro atoms. The van der Waals surface area contributed by atoms with E-state index in [1.54, 1.807) is 14.1 Å². The molecule has 204 valence electrons. The number of amides is 3. The van der Waals surface area contributed by atoms with E-state index < -0.39 is 53.5 Å². The lowest BCUT2D eigenvalue weighted by atomic mass is 9.95. The summed E-state index contributed by atoms with van der Waals surface area (Å²) in [5.41, 5.74) is -4.57. The number of nitrogens with zero attached hydrogens (tertiary/aromatic N) is 3. The normalized spacial score (nSPS) is 20.0. The number of urea groups is 1. The highest BCUT2D eigenvalue weighted by Crippen LogP contribution is 2.49. The zero-order valence-corrected chi connectivity index (χ0v) is 21.0. The second-order valence-corrected chi connectivity index (χ2v) is 9.70. The van der Waals surface area contributed by atoms with Crippen molar-refractivity contribution < 1.29 is 36.6 Å². The van der Waals surface area contributed by atoms with E-state index >= 15 is 0 Å². The van der Waals surface area contributed by atoms with Gasteiger partial charge in [0.15, 0.2) is 0 Å². The van der Waals surface area contributed by atoms with Gasteiger partial charge in [0.25, 0.3) is 5.91 Å². The van der Waals surface area contributed by atoms with Gasteiger partial charge in [0, 0.05) is 41.9 Å². The Kier molecular flexibility index (Phi) is 6.18. The zero-order valence-electron chi connectivity index (χ0n) is 20.2. The molecule has 0 saturated heterocycles. The van der Waals surface area contributed by atoms with Crippen LogP contribution in [0.15, 0.2) is 42.5 Å². The first-order valence-corrected chi connectivity index (χ1v) is 11.7. The highest BCUT2D eigenvalue weighted by Gasteiger charge is 2.61. The number of carbonyl (C=O) groups excluding carboxylic acids is 2. The van der Waals surface area contributed by atoms with E-state index in [1.165, 1.54) is 17.0 Å². The van der Waals surface area contributed by atoms with Crippen LogP contribution < -0.4 is 20.4 Å². The van der Waals surface area contributed by atoms with E-state index in [1.807, 2.05) is 0 Å². The van der Waals surface area contributed by atoms with Gasteiger partial charge in [-0.3, -0.25) is 9.69 Å². The molecule has 5 rings (SSSR count). The highest BCUT2D eigenvalue weighted by atomic mass is 35.5. The van der Waals surface area contributed by atoms with E-state index in [0.29, 0.717) is 11.0 Å². The van der Waals surface area contributed by atoms with Crippen LogP contribution in [0, 0.1) is 11.6 Å². The minimum atomic E-state index is -5.23. The maximum atomic E-state index is 14.1. The standard InChI is InChI=1S/C25H19ClF5N5O3/c1-35(2)18-9-16(19-20(34-22(37)21(19)33-18)13-7-11(27)3-5-15(13)26)32-23(38)36-10-24(39,25(29,30)31)14-8-12(28)4-6-17(14)36/h3-9,20,39H,10H2,1-2H3,(H,34,37)(H,32,33,38)/t20-,24+/m0/s1. The van der Waals surface area contributed by atoms with Gasteiger partial charge in [0.05, 0.1) is 24.0 Å². The van der Waals surface area contributed by atoms with Crippen molar-refractivity contribution in [2.24, 2.45) is 0 Å². The number of aliphatic hydroxyl groups is 1. The molecule has 0 fully saturated rings. The van der Waals surface area contributed by atoms with E-state index in [-0.39, 0.29) is 39.0 Å². The lowest BCUT2D eigenvalue weighted by molar-refractivity contribution is -0.258. The van der Waals surface area contributed by atoms with Crippen LogP contribution in [0.4, 0.5) is 43.9 Å². The molecule has 2 atom stereocenters. The third-order valence-corrected chi connectivity index (χ3v) is 6.93.